The lowest BCUT2D eigenvalue weighted by molar-refractivity contribution is -0.901. The molecule has 0 aliphatic carbocycles. The van der Waals surface area contributed by atoms with Crippen LogP contribution >= 0.6 is 0 Å². The van der Waals surface area contributed by atoms with Gasteiger partial charge in [-0.05, 0) is 34.7 Å². The largest absolute Gasteiger partial charge is 0.329 e. The maximum atomic E-state index is 13.4. The molecule has 2 N–H and O–H groups in total. The molecule has 3 amide bonds. The fourth-order valence-electron chi connectivity index (χ4n) is 4.38. The zero-order valence-corrected chi connectivity index (χ0v) is 18.6. The van der Waals surface area contributed by atoms with Crippen molar-refractivity contribution < 1.29 is 14.5 Å². The number of carbonyl (C=O) groups excluding carboxylic acids is 2. The molecule has 0 aromatic heterocycles. The number of quaternary nitrogens is 1. The summed E-state index contributed by atoms with van der Waals surface area (Å²) in [4.78, 5) is 28.6. The molecule has 1 unspecified atom stereocenters. The molecule has 0 saturated carbocycles. The number of nitrogens with one attached hydrogen (secondary N) is 2. The van der Waals surface area contributed by atoms with Crippen LogP contribution in [0.2, 0.25) is 0 Å². The van der Waals surface area contributed by atoms with Crippen LogP contribution in [0.4, 0.5) is 4.79 Å². The molecule has 31 heavy (non-hydrogen) atoms. The number of amides is 3. The summed E-state index contributed by atoms with van der Waals surface area (Å²) < 4.78 is 0. The fraction of sp³-hybridized carbons (Fsp3) is 0.308. The molecule has 1 aliphatic rings. The lowest BCUT2D eigenvalue weighted by Gasteiger charge is -2.24. The number of imide groups is 1. The first-order chi connectivity index (χ1) is 14.8. The van der Waals surface area contributed by atoms with Crippen LogP contribution in [0.5, 0.6) is 0 Å². The minimum Gasteiger partial charge on any atom is -0.319 e. The Morgan fingerprint density at radius 3 is 2.35 bits per heavy atom. The quantitative estimate of drug-likeness (QED) is 0.605. The second kappa shape index (κ2) is 8.16. The number of hydrogen-bond acceptors (Lipinski definition) is 2. The average Bonchev–Trinajstić information content (AvgIpc) is 2.97. The van der Waals surface area contributed by atoms with Crippen LogP contribution in [0, 0.1) is 0 Å². The van der Waals surface area contributed by atoms with Gasteiger partial charge in [0, 0.05) is 5.56 Å². The Hall–Kier alpha value is -3.18. The summed E-state index contributed by atoms with van der Waals surface area (Å²) in [6.45, 7) is 7.21. The smallest absolute Gasteiger partial charge is 0.319 e. The van der Waals surface area contributed by atoms with Crippen molar-refractivity contribution in [3.63, 3.8) is 0 Å². The minimum atomic E-state index is -1.07. The molecule has 0 radical (unpaired) electrons. The van der Waals surface area contributed by atoms with E-state index in [9.17, 15) is 9.59 Å². The van der Waals surface area contributed by atoms with Crippen molar-refractivity contribution in [2.75, 3.05) is 13.7 Å². The van der Waals surface area contributed by atoms with E-state index >= 15 is 0 Å². The van der Waals surface area contributed by atoms with E-state index in [1.54, 1.807) is 6.92 Å². The van der Waals surface area contributed by atoms with Gasteiger partial charge in [-0.25, -0.2) is 9.69 Å². The predicted molar refractivity (Wildman–Crippen MR) is 123 cm³/mol. The van der Waals surface area contributed by atoms with Crippen LogP contribution in [0.3, 0.4) is 0 Å². The summed E-state index contributed by atoms with van der Waals surface area (Å²) in [5.74, 6) is 0.292. The van der Waals surface area contributed by atoms with E-state index in [0.29, 0.717) is 12.6 Å². The Kier molecular flexibility index (Phi) is 5.54. The third kappa shape index (κ3) is 3.93. The summed E-state index contributed by atoms with van der Waals surface area (Å²) >= 11 is 0. The second-order valence-corrected chi connectivity index (χ2v) is 9.00. The SMILES string of the molecule is CC(C)c1ccc(C[NH+](C)CN2C(=O)N[C@@](C)(c3cccc4ccccc34)C2=O)cc1. The van der Waals surface area contributed by atoms with E-state index < -0.39 is 5.54 Å². The molecule has 1 heterocycles. The highest BCUT2D eigenvalue weighted by Gasteiger charge is 2.50. The molecule has 0 bridgehead atoms. The van der Waals surface area contributed by atoms with E-state index in [4.69, 9.17) is 0 Å². The zero-order chi connectivity index (χ0) is 22.2. The van der Waals surface area contributed by atoms with Crippen LogP contribution in [0.25, 0.3) is 10.8 Å². The van der Waals surface area contributed by atoms with Crippen molar-refractivity contribution in [2.24, 2.45) is 0 Å². The Labute approximate surface area is 183 Å². The lowest BCUT2D eigenvalue weighted by Crippen LogP contribution is -3.09. The number of urea groups is 1. The first kappa shape index (κ1) is 21.1. The van der Waals surface area contributed by atoms with Crippen molar-refractivity contribution in [3.8, 4) is 0 Å². The topological polar surface area (TPSA) is 53.9 Å². The molecule has 0 spiro atoms. The first-order valence-corrected chi connectivity index (χ1v) is 10.8. The molecule has 5 nitrogen and oxygen atoms in total. The average molecular weight is 417 g/mol. The first-order valence-electron chi connectivity index (χ1n) is 10.8. The molecule has 2 atom stereocenters. The van der Waals surface area contributed by atoms with E-state index in [2.05, 4.69) is 43.4 Å². The molecule has 3 aromatic rings. The highest BCUT2D eigenvalue weighted by molar-refractivity contribution is 6.09. The van der Waals surface area contributed by atoms with E-state index in [0.717, 1.165) is 27.8 Å². The molecule has 4 rings (SSSR count). The molecule has 160 valence electrons. The van der Waals surface area contributed by atoms with Gasteiger partial charge in [0.1, 0.15) is 12.1 Å². The van der Waals surface area contributed by atoms with Crippen molar-refractivity contribution in [2.45, 2.75) is 38.8 Å². The Balaban J connectivity index is 1.52. The molecular formula is C26H30N3O2+. The zero-order valence-electron chi connectivity index (χ0n) is 18.6. The van der Waals surface area contributed by atoms with E-state index in [1.165, 1.54) is 16.0 Å². The highest BCUT2D eigenvalue weighted by atomic mass is 16.2. The number of rotatable bonds is 6. The standard InChI is InChI=1S/C26H29N3O2/c1-18(2)20-14-12-19(13-15-20)16-28(4)17-29-24(30)26(3,27-25(29)31)23-11-7-9-21-8-5-6-10-22(21)23/h5-15,18H,16-17H2,1-4H3,(H,27,31)/p+1/t26-/m0/s1. The maximum absolute atomic E-state index is 13.4. The monoisotopic (exact) mass is 416 g/mol. The fourth-order valence-corrected chi connectivity index (χ4v) is 4.38. The third-order valence-corrected chi connectivity index (χ3v) is 6.18. The number of hydrogen-bond donors (Lipinski definition) is 2. The van der Waals surface area contributed by atoms with Crippen LogP contribution in [-0.2, 0) is 16.9 Å². The van der Waals surface area contributed by atoms with Crippen LogP contribution in [0.15, 0.2) is 66.7 Å². The maximum Gasteiger partial charge on any atom is 0.329 e. The number of carbonyl (C=O) groups is 2. The normalized spacial score (nSPS) is 19.8. The van der Waals surface area contributed by atoms with Gasteiger partial charge in [-0.1, -0.05) is 80.6 Å². The summed E-state index contributed by atoms with van der Waals surface area (Å²) in [5, 5.41) is 4.98. The molecule has 5 heteroatoms. The third-order valence-electron chi connectivity index (χ3n) is 6.18. The number of benzene rings is 3. The number of nitrogens with zero attached hydrogens (tertiary/aromatic N) is 1. The van der Waals surface area contributed by atoms with Gasteiger partial charge >= 0.3 is 6.03 Å². The van der Waals surface area contributed by atoms with Gasteiger partial charge in [0.05, 0.1) is 7.05 Å². The van der Waals surface area contributed by atoms with Crippen LogP contribution in [0.1, 0.15) is 43.4 Å². The van der Waals surface area contributed by atoms with Crippen molar-refractivity contribution in [1.29, 1.82) is 0 Å². The van der Waals surface area contributed by atoms with Crippen molar-refractivity contribution in [3.05, 3.63) is 83.4 Å². The Bertz CT molecular complexity index is 1120. The lowest BCUT2D eigenvalue weighted by atomic mass is 9.88. The van der Waals surface area contributed by atoms with E-state index in [-0.39, 0.29) is 11.9 Å². The van der Waals surface area contributed by atoms with Gasteiger partial charge in [-0.2, -0.15) is 0 Å². The van der Waals surface area contributed by atoms with E-state index in [1.807, 2.05) is 49.5 Å². The summed E-state index contributed by atoms with van der Waals surface area (Å²) in [5.41, 5.74) is 2.25. The van der Waals surface area contributed by atoms with Gasteiger partial charge in [0.25, 0.3) is 5.91 Å². The molecule has 3 aromatic carbocycles. The second-order valence-electron chi connectivity index (χ2n) is 9.00. The molecular weight excluding hydrogens is 386 g/mol. The van der Waals surface area contributed by atoms with Crippen LogP contribution in [-0.4, -0.2) is 30.6 Å². The van der Waals surface area contributed by atoms with Gasteiger partial charge in [-0.15, -0.1) is 0 Å². The molecule has 1 aliphatic heterocycles. The Morgan fingerprint density at radius 2 is 1.65 bits per heavy atom. The van der Waals surface area contributed by atoms with Gasteiger partial charge < -0.3 is 10.2 Å². The summed E-state index contributed by atoms with van der Waals surface area (Å²) in [6.07, 6.45) is 0. The van der Waals surface area contributed by atoms with Gasteiger partial charge in [0.15, 0.2) is 6.67 Å². The predicted octanol–water partition coefficient (Wildman–Crippen LogP) is 3.40. The Morgan fingerprint density at radius 1 is 0.968 bits per heavy atom. The highest BCUT2D eigenvalue weighted by Crippen LogP contribution is 2.33. The summed E-state index contributed by atoms with van der Waals surface area (Å²) in [6, 6.07) is 22.0. The summed E-state index contributed by atoms with van der Waals surface area (Å²) in [7, 11) is 2.00. The van der Waals surface area contributed by atoms with Crippen molar-refractivity contribution >= 4 is 22.7 Å². The molecule has 1 saturated heterocycles. The van der Waals surface area contributed by atoms with Crippen LogP contribution < -0.4 is 10.2 Å². The van der Waals surface area contributed by atoms with Gasteiger partial charge in [-0.3, -0.25) is 4.79 Å². The minimum absolute atomic E-state index is 0.205. The number of fused-ring (bicyclic) bond motifs is 1. The molecule has 1 fully saturated rings. The van der Waals surface area contributed by atoms with Crippen molar-refractivity contribution in [1.82, 2.24) is 10.2 Å². The van der Waals surface area contributed by atoms with Gasteiger partial charge in [0.2, 0.25) is 0 Å².